The fraction of sp³-hybridized carbons (Fsp3) is 0.462. The van der Waals surface area contributed by atoms with Gasteiger partial charge in [-0.2, -0.15) is 0 Å². The van der Waals surface area contributed by atoms with Gasteiger partial charge in [0.2, 0.25) is 5.91 Å². The van der Waals surface area contributed by atoms with E-state index in [0.29, 0.717) is 6.42 Å². The Morgan fingerprint density at radius 3 is 2.56 bits per heavy atom. The van der Waals surface area contributed by atoms with E-state index in [-0.39, 0.29) is 12.5 Å². The predicted molar refractivity (Wildman–Crippen MR) is 64.2 cm³/mol. The molecule has 0 unspecified atom stereocenters. The van der Waals surface area contributed by atoms with Crippen molar-refractivity contribution >= 4 is 5.91 Å². The van der Waals surface area contributed by atoms with Gasteiger partial charge in [-0.05, 0) is 31.9 Å². The van der Waals surface area contributed by atoms with E-state index in [0.717, 1.165) is 11.1 Å². The van der Waals surface area contributed by atoms with Crippen molar-refractivity contribution in [2.24, 2.45) is 0 Å². The zero-order valence-corrected chi connectivity index (χ0v) is 10.1. The number of benzene rings is 1. The lowest BCUT2D eigenvalue weighted by atomic mass is 10.0. The Balaban J connectivity index is 2.62. The Morgan fingerprint density at radius 2 is 2.00 bits per heavy atom. The van der Waals surface area contributed by atoms with Crippen LogP contribution in [0.25, 0.3) is 0 Å². The van der Waals surface area contributed by atoms with Gasteiger partial charge in [-0.1, -0.05) is 24.3 Å². The summed E-state index contributed by atoms with van der Waals surface area (Å²) in [5.41, 5.74) is 1.58. The van der Waals surface area contributed by atoms with Gasteiger partial charge >= 0.3 is 0 Å². The maximum absolute atomic E-state index is 11.7. The molecule has 16 heavy (non-hydrogen) atoms. The molecule has 2 N–H and O–H groups in total. The first kappa shape index (κ1) is 12.7. The van der Waals surface area contributed by atoms with Gasteiger partial charge in [0, 0.05) is 0 Å². The van der Waals surface area contributed by atoms with Crippen molar-refractivity contribution in [2.75, 3.05) is 6.61 Å². The molecule has 0 saturated heterocycles. The summed E-state index contributed by atoms with van der Waals surface area (Å²) in [7, 11) is 0. The van der Waals surface area contributed by atoms with Crippen molar-refractivity contribution in [2.45, 2.75) is 32.7 Å². The minimum absolute atomic E-state index is 0.0617. The number of hydrogen-bond acceptors (Lipinski definition) is 2. The number of carbonyl (C=O) groups is 1. The first-order chi connectivity index (χ1) is 7.44. The molecule has 0 bridgehead atoms. The lowest BCUT2D eigenvalue weighted by Gasteiger charge is -2.23. The quantitative estimate of drug-likeness (QED) is 0.808. The molecule has 1 aromatic carbocycles. The first-order valence-electron chi connectivity index (χ1n) is 5.41. The molecule has 0 aromatic heterocycles. The Hall–Kier alpha value is -1.35. The van der Waals surface area contributed by atoms with Crippen molar-refractivity contribution in [1.82, 2.24) is 5.32 Å². The highest BCUT2D eigenvalue weighted by Gasteiger charge is 2.19. The lowest BCUT2D eigenvalue weighted by molar-refractivity contribution is -0.122. The first-order valence-corrected chi connectivity index (χ1v) is 5.41. The molecule has 1 amide bonds. The lowest BCUT2D eigenvalue weighted by Crippen LogP contribution is -2.46. The molecular formula is C13H19NO2. The molecule has 0 spiro atoms. The Labute approximate surface area is 96.5 Å². The highest BCUT2D eigenvalue weighted by molar-refractivity contribution is 5.79. The molecule has 1 rings (SSSR count). The molecule has 0 aliphatic rings. The van der Waals surface area contributed by atoms with Crippen molar-refractivity contribution in [3.8, 4) is 0 Å². The topological polar surface area (TPSA) is 49.3 Å². The van der Waals surface area contributed by atoms with Crippen LogP contribution in [-0.4, -0.2) is 23.2 Å². The van der Waals surface area contributed by atoms with Gasteiger partial charge in [0.25, 0.3) is 0 Å². The normalized spacial score (nSPS) is 11.2. The van der Waals surface area contributed by atoms with Crippen LogP contribution >= 0.6 is 0 Å². The second-order valence-electron chi connectivity index (χ2n) is 4.69. The zero-order chi connectivity index (χ0) is 12.2. The van der Waals surface area contributed by atoms with E-state index in [2.05, 4.69) is 5.32 Å². The van der Waals surface area contributed by atoms with E-state index in [1.165, 1.54) is 0 Å². The number of aryl methyl sites for hydroxylation is 1. The molecule has 88 valence electrons. The van der Waals surface area contributed by atoms with E-state index < -0.39 is 5.54 Å². The van der Waals surface area contributed by atoms with Gasteiger partial charge in [0.1, 0.15) is 0 Å². The van der Waals surface area contributed by atoms with Crippen LogP contribution in [0, 0.1) is 6.92 Å². The van der Waals surface area contributed by atoms with Crippen LogP contribution in [-0.2, 0) is 11.2 Å². The van der Waals surface area contributed by atoms with Gasteiger partial charge in [0.15, 0.2) is 0 Å². The standard InChI is InChI=1S/C13H19NO2/c1-10-6-4-5-7-11(10)8-12(16)14-13(2,3)9-15/h4-7,15H,8-9H2,1-3H3,(H,14,16). The molecule has 0 aliphatic heterocycles. The molecule has 0 heterocycles. The summed E-state index contributed by atoms with van der Waals surface area (Å²) in [4.78, 5) is 11.7. The molecule has 0 aliphatic carbocycles. The molecule has 0 fully saturated rings. The molecule has 3 nitrogen and oxygen atoms in total. The van der Waals surface area contributed by atoms with E-state index >= 15 is 0 Å². The largest absolute Gasteiger partial charge is 0.394 e. The molecule has 0 saturated carbocycles. The highest BCUT2D eigenvalue weighted by Crippen LogP contribution is 2.08. The monoisotopic (exact) mass is 221 g/mol. The molecule has 1 aromatic rings. The molecular weight excluding hydrogens is 202 g/mol. The van der Waals surface area contributed by atoms with Gasteiger partial charge in [-0.3, -0.25) is 4.79 Å². The molecule has 0 atom stereocenters. The average Bonchev–Trinajstić information content (AvgIpc) is 2.21. The number of aliphatic hydroxyl groups is 1. The van der Waals surface area contributed by atoms with E-state index in [1.807, 2.05) is 31.2 Å². The van der Waals surface area contributed by atoms with Crippen LogP contribution < -0.4 is 5.32 Å². The molecule has 3 heteroatoms. The van der Waals surface area contributed by atoms with E-state index in [1.54, 1.807) is 13.8 Å². The van der Waals surface area contributed by atoms with Crippen molar-refractivity contribution in [1.29, 1.82) is 0 Å². The zero-order valence-electron chi connectivity index (χ0n) is 10.1. The minimum Gasteiger partial charge on any atom is -0.394 e. The summed E-state index contributed by atoms with van der Waals surface area (Å²) >= 11 is 0. The number of hydrogen-bond donors (Lipinski definition) is 2. The van der Waals surface area contributed by atoms with Crippen LogP contribution in [0.3, 0.4) is 0 Å². The SMILES string of the molecule is Cc1ccccc1CC(=O)NC(C)(C)CO. The summed E-state index contributed by atoms with van der Waals surface area (Å²) in [6.07, 6.45) is 0.357. The fourth-order valence-electron chi connectivity index (χ4n) is 1.44. The third-order valence-electron chi connectivity index (χ3n) is 2.49. The Morgan fingerprint density at radius 1 is 1.38 bits per heavy atom. The third kappa shape index (κ3) is 3.66. The maximum Gasteiger partial charge on any atom is 0.224 e. The Kier molecular flexibility index (Phi) is 4.07. The van der Waals surface area contributed by atoms with Crippen molar-refractivity contribution in [3.63, 3.8) is 0 Å². The number of carbonyl (C=O) groups excluding carboxylic acids is 1. The summed E-state index contributed by atoms with van der Waals surface area (Å²) in [6, 6.07) is 7.81. The van der Waals surface area contributed by atoms with Crippen LogP contribution in [0.4, 0.5) is 0 Å². The number of aliphatic hydroxyl groups excluding tert-OH is 1. The van der Waals surface area contributed by atoms with Crippen LogP contribution in [0.1, 0.15) is 25.0 Å². The summed E-state index contributed by atoms with van der Waals surface area (Å²) in [5, 5.41) is 11.8. The van der Waals surface area contributed by atoms with Crippen LogP contribution in [0.2, 0.25) is 0 Å². The summed E-state index contributed by atoms with van der Waals surface area (Å²) in [5.74, 6) is -0.0617. The van der Waals surface area contributed by atoms with Crippen molar-refractivity contribution in [3.05, 3.63) is 35.4 Å². The van der Waals surface area contributed by atoms with Gasteiger partial charge in [-0.25, -0.2) is 0 Å². The number of nitrogens with one attached hydrogen (secondary N) is 1. The van der Waals surface area contributed by atoms with Crippen LogP contribution in [0.15, 0.2) is 24.3 Å². The molecule has 0 radical (unpaired) electrons. The second-order valence-corrected chi connectivity index (χ2v) is 4.69. The van der Waals surface area contributed by atoms with Gasteiger partial charge < -0.3 is 10.4 Å². The van der Waals surface area contributed by atoms with Crippen molar-refractivity contribution < 1.29 is 9.90 Å². The minimum atomic E-state index is -0.556. The highest BCUT2D eigenvalue weighted by atomic mass is 16.3. The van der Waals surface area contributed by atoms with Gasteiger partial charge in [0.05, 0.1) is 18.6 Å². The number of rotatable bonds is 4. The van der Waals surface area contributed by atoms with E-state index in [4.69, 9.17) is 5.11 Å². The van der Waals surface area contributed by atoms with Crippen LogP contribution in [0.5, 0.6) is 0 Å². The van der Waals surface area contributed by atoms with Gasteiger partial charge in [-0.15, -0.1) is 0 Å². The third-order valence-corrected chi connectivity index (χ3v) is 2.49. The van der Waals surface area contributed by atoms with E-state index in [9.17, 15) is 4.79 Å². The fourth-order valence-corrected chi connectivity index (χ4v) is 1.44. The number of amides is 1. The summed E-state index contributed by atoms with van der Waals surface area (Å²) in [6.45, 7) is 5.51. The predicted octanol–water partition coefficient (Wildman–Crippen LogP) is 1.42. The smallest absolute Gasteiger partial charge is 0.224 e. The second kappa shape index (κ2) is 5.12. The Bertz CT molecular complexity index is 372. The average molecular weight is 221 g/mol. The summed E-state index contributed by atoms with van der Waals surface area (Å²) < 4.78 is 0. The maximum atomic E-state index is 11.7.